The highest BCUT2D eigenvalue weighted by molar-refractivity contribution is 6.11. The number of benzene rings is 1. The molecular formula is C20H29NO3. The zero-order valence-electron chi connectivity index (χ0n) is 15.7. The molecular weight excluding hydrogens is 302 g/mol. The van der Waals surface area contributed by atoms with Crippen LogP contribution in [0.2, 0.25) is 0 Å². The van der Waals surface area contributed by atoms with E-state index in [2.05, 4.69) is 38.8 Å². The number of Topliss-reactive ketones (excluding diaryl/α,β-unsaturated/α-hetero) is 1. The quantitative estimate of drug-likeness (QED) is 0.734. The molecule has 2 rings (SSSR count). The van der Waals surface area contributed by atoms with Crippen LogP contribution in [0.4, 0.5) is 0 Å². The second kappa shape index (κ2) is 7.29. The van der Waals surface area contributed by atoms with Crippen molar-refractivity contribution in [3.05, 3.63) is 35.5 Å². The molecule has 0 atom stereocenters. The van der Waals surface area contributed by atoms with Crippen LogP contribution in [0.25, 0.3) is 0 Å². The fourth-order valence-electron chi connectivity index (χ4n) is 3.09. The fraction of sp³-hybridized carbons (Fsp3) is 0.550. The lowest BCUT2D eigenvalue weighted by Gasteiger charge is -2.37. The van der Waals surface area contributed by atoms with Crippen molar-refractivity contribution in [2.45, 2.75) is 34.1 Å². The Balaban J connectivity index is 2.40. The number of ketones is 1. The molecule has 1 heterocycles. The summed E-state index contributed by atoms with van der Waals surface area (Å²) in [4.78, 5) is 15.5. The van der Waals surface area contributed by atoms with Gasteiger partial charge in [0.1, 0.15) is 11.5 Å². The second-order valence-electron chi connectivity index (χ2n) is 7.46. The van der Waals surface area contributed by atoms with Gasteiger partial charge < -0.3 is 14.4 Å². The molecule has 0 N–H and O–H groups in total. The summed E-state index contributed by atoms with van der Waals surface area (Å²) in [6.07, 6.45) is 3.02. The summed E-state index contributed by atoms with van der Waals surface area (Å²) in [7, 11) is 3.18. The summed E-state index contributed by atoms with van der Waals surface area (Å²) < 4.78 is 10.6. The summed E-state index contributed by atoms with van der Waals surface area (Å²) in [5.74, 6) is 1.83. The zero-order valence-corrected chi connectivity index (χ0v) is 15.7. The normalized spacial score (nSPS) is 16.8. The number of rotatable bonds is 6. The van der Waals surface area contributed by atoms with Crippen LogP contribution in [0, 0.1) is 11.3 Å². The number of hydrogen-bond acceptors (Lipinski definition) is 4. The highest BCUT2D eigenvalue weighted by atomic mass is 16.5. The van der Waals surface area contributed by atoms with Crippen molar-refractivity contribution in [3.63, 3.8) is 0 Å². The lowest BCUT2D eigenvalue weighted by Crippen LogP contribution is -2.36. The molecule has 1 aromatic carbocycles. The predicted octanol–water partition coefficient (Wildman–Crippen LogP) is 4.16. The average Bonchev–Trinajstić information content (AvgIpc) is 2.54. The van der Waals surface area contributed by atoms with Crippen molar-refractivity contribution in [1.29, 1.82) is 0 Å². The highest BCUT2D eigenvalue weighted by Crippen LogP contribution is 2.38. The largest absolute Gasteiger partial charge is 0.497 e. The first-order valence-corrected chi connectivity index (χ1v) is 8.51. The van der Waals surface area contributed by atoms with Gasteiger partial charge in [0.2, 0.25) is 0 Å². The maximum Gasteiger partial charge on any atom is 0.194 e. The Morgan fingerprint density at radius 3 is 2.54 bits per heavy atom. The lowest BCUT2D eigenvalue weighted by molar-refractivity contribution is 0.0983. The van der Waals surface area contributed by atoms with Crippen molar-refractivity contribution in [2.24, 2.45) is 11.3 Å². The summed E-state index contributed by atoms with van der Waals surface area (Å²) in [5, 5.41) is 0. The third kappa shape index (κ3) is 3.92. The third-order valence-corrected chi connectivity index (χ3v) is 4.56. The topological polar surface area (TPSA) is 38.8 Å². The van der Waals surface area contributed by atoms with Crippen LogP contribution < -0.4 is 9.47 Å². The van der Waals surface area contributed by atoms with E-state index in [0.717, 1.165) is 25.1 Å². The number of allylic oxidation sites excluding steroid dienone is 1. The maximum absolute atomic E-state index is 13.2. The Bertz CT molecular complexity index is 632. The van der Waals surface area contributed by atoms with E-state index >= 15 is 0 Å². The van der Waals surface area contributed by atoms with Gasteiger partial charge in [0.15, 0.2) is 5.78 Å². The molecule has 1 aliphatic rings. The molecule has 0 spiro atoms. The van der Waals surface area contributed by atoms with Gasteiger partial charge in [-0.2, -0.15) is 0 Å². The Morgan fingerprint density at radius 1 is 1.25 bits per heavy atom. The van der Waals surface area contributed by atoms with Crippen LogP contribution in [-0.4, -0.2) is 38.0 Å². The fourth-order valence-corrected chi connectivity index (χ4v) is 3.09. The zero-order chi connectivity index (χ0) is 17.9. The minimum Gasteiger partial charge on any atom is -0.497 e. The van der Waals surface area contributed by atoms with Crippen LogP contribution in [0.5, 0.6) is 11.5 Å². The molecule has 1 aromatic rings. The summed E-state index contributed by atoms with van der Waals surface area (Å²) in [6, 6.07) is 5.35. The van der Waals surface area contributed by atoms with Gasteiger partial charge in [0.25, 0.3) is 0 Å². The van der Waals surface area contributed by atoms with Crippen molar-refractivity contribution >= 4 is 5.78 Å². The minimum absolute atomic E-state index is 0.0351. The van der Waals surface area contributed by atoms with Gasteiger partial charge in [0, 0.05) is 30.9 Å². The number of methoxy groups -OCH3 is 2. The number of ether oxygens (including phenoxy) is 2. The molecule has 0 saturated carbocycles. The van der Waals surface area contributed by atoms with Crippen molar-refractivity contribution in [3.8, 4) is 11.5 Å². The monoisotopic (exact) mass is 331 g/mol. The van der Waals surface area contributed by atoms with Gasteiger partial charge in [-0.3, -0.25) is 4.79 Å². The van der Waals surface area contributed by atoms with Gasteiger partial charge in [-0.25, -0.2) is 0 Å². The smallest absolute Gasteiger partial charge is 0.194 e. The first kappa shape index (κ1) is 18.4. The van der Waals surface area contributed by atoms with Gasteiger partial charge in [-0.1, -0.05) is 27.7 Å². The molecule has 4 heteroatoms. The average molecular weight is 331 g/mol. The standard InChI is InChI=1S/C20H29NO3/c1-14(2)12-21-10-9-20(3,4)17(13-21)19(22)16-8-7-15(23-5)11-18(16)24-6/h7-8,11,13-14H,9-10,12H2,1-6H3. The van der Waals surface area contributed by atoms with Gasteiger partial charge in [0.05, 0.1) is 19.8 Å². The van der Waals surface area contributed by atoms with Crippen LogP contribution in [0.3, 0.4) is 0 Å². The van der Waals surface area contributed by atoms with Crippen molar-refractivity contribution in [1.82, 2.24) is 4.90 Å². The Kier molecular flexibility index (Phi) is 5.58. The molecule has 4 nitrogen and oxygen atoms in total. The van der Waals surface area contributed by atoms with E-state index in [4.69, 9.17) is 9.47 Å². The summed E-state index contributed by atoms with van der Waals surface area (Å²) in [5.41, 5.74) is 1.29. The number of carbonyl (C=O) groups is 1. The van der Waals surface area contributed by atoms with E-state index in [1.165, 1.54) is 0 Å². The molecule has 132 valence electrons. The number of carbonyl (C=O) groups excluding carboxylic acids is 1. The van der Waals surface area contributed by atoms with E-state index < -0.39 is 0 Å². The van der Waals surface area contributed by atoms with Crippen molar-refractivity contribution < 1.29 is 14.3 Å². The van der Waals surface area contributed by atoms with E-state index in [-0.39, 0.29) is 11.2 Å². The predicted molar refractivity (Wildman–Crippen MR) is 96.8 cm³/mol. The molecule has 1 aliphatic heterocycles. The SMILES string of the molecule is COc1ccc(C(=O)C2=CN(CC(C)C)CCC2(C)C)c(OC)c1. The Labute approximate surface area is 145 Å². The first-order chi connectivity index (χ1) is 11.3. The summed E-state index contributed by atoms with van der Waals surface area (Å²) in [6.45, 7) is 10.6. The van der Waals surface area contributed by atoms with Crippen LogP contribution in [0.15, 0.2) is 30.0 Å². The molecule has 24 heavy (non-hydrogen) atoms. The van der Waals surface area contributed by atoms with Gasteiger partial charge in [-0.05, 0) is 29.9 Å². The van der Waals surface area contributed by atoms with E-state index in [1.54, 1.807) is 32.4 Å². The molecule has 0 saturated heterocycles. The lowest BCUT2D eigenvalue weighted by atomic mass is 9.76. The molecule has 0 aliphatic carbocycles. The Morgan fingerprint density at radius 2 is 1.96 bits per heavy atom. The molecule has 0 amide bonds. The molecule has 0 aromatic heterocycles. The van der Waals surface area contributed by atoms with E-state index in [0.29, 0.717) is 23.0 Å². The van der Waals surface area contributed by atoms with Gasteiger partial charge >= 0.3 is 0 Å². The number of hydrogen-bond donors (Lipinski definition) is 0. The van der Waals surface area contributed by atoms with Crippen LogP contribution in [0.1, 0.15) is 44.5 Å². The van der Waals surface area contributed by atoms with Crippen LogP contribution in [-0.2, 0) is 0 Å². The van der Waals surface area contributed by atoms with E-state index in [1.807, 2.05) is 0 Å². The highest BCUT2D eigenvalue weighted by Gasteiger charge is 2.34. The Hall–Kier alpha value is -1.97. The molecule has 0 fully saturated rings. The van der Waals surface area contributed by atoms with Crippen LogP contribution >= 0.6 is 0 Å². The second-order valence-corrected chi connectivity index (χ2v) is 7.46. The third-order valence-electron chi connectivity index (χ3n) is 4.56. The van der Waals surface area contributed by atoms with Gasteiger partial charge in [-0.15, -0.1) is 0 Å². The maximum atomic E-state index is 13.2. The molecule has 0 radical (unpaired) electrons. The first-order valence-electron chi connectivity index (χ1n) is 8.51. The van der Waals surface area contributed by atoms with Crippen molar-refractivity contribution in [2.75, 3.05) is 27.3 Å². The molecule has 0 unspecified atom stereocenters. The van der Waals surface area contributed by atoms with E-state index in [9.17, 15) is 4.79 Å². The number of nitrogens with zero attached hydrogens (tertiary/aromatic N) is 1. The minimum atomic E-state index is -0.143. The summed E-state index contributed by atoms with van der Waals surface area (Å²) >= 11 is 0. The molecule has 0 bridgehead atoms.